The van der Waals surface area contributed by atoms with Gasteiger partial charge in [-0.2, -0.15) is 0 Å². The first-order chi connectivity index (χ1) is 13.1. The smallest absolute Gasteiger partial charge is 0.414 e. The Morgan fingerprint density at radius 3 is 2.93 bits per heavy atom. The summed E-state index contributed by atoms with van der Waals surface area (Å²) in [5, 5.41) is 16.8. The van der Waals surface area contributed by atoms with E-state index in [1.807, 2.05) is 0 Å². The standard InChI is InChI=1S/C19H19FN4O3/c20-18-7-12(1-2-14(18)11-5-15-16(6-11)17(15)10-25)24-9-13(27-19(24)26)8-23-4-3-21-22-23/h1-5,7,13,15-17,25H,6,8-10H2/t13-,15+,16-,17-/m0/s1. The molecule has 5 rings (SSSR count). The van der Waals surface area contributed by atoms with E-state index in [1.165, 1.54) is 11.0 Å². The molecule has 1 saturated carbocycles. The summed E-state index contributed by atoms with van der Waals surface area (Å²) in [6, 6.07) is 4.88. The third-order valence-corrected chi connectivity index (χ3v) is 5.80. The number of hydrogen-bond acceptors (Lipinski definition) is 5. The van der Waals surface area contributed by atoms with Crippen LogP contribution in [0, 0.1) is 23.6 Å². The predicted molar refractivity (Wildman–Crippen MR) is 94.2 cm³/mol. The first-order valence-corrected chi connectivity index (χ1v) is 9.08. The van der Waals surface area contributed by atoms with E-state index in [0.29, 0.717) is 42.1 Å². The molecule has 4 atom stereocenters. The van der Waals surface area contributed by atoms with Crippen molar-refractivity contribution in [3.63, 3.8) is 0 Å². The van der Waals surface area contributed by atoms with Crippen molar-refractivity contribution in [2.75, 3.05) is 18.1 Å². The second-order valence-electron chi connectivity index (χ2n) is 7.39. The zero-order valence-corrected chi connectivity index (χ0v) is 14.5. The first-order valence-electron chi connectivity index (χ1n) is 9.08. The van der Waals surface area contributed by atoms with Gasteiger partial charge in [-0.1, -0.05) is 11.3 Å². The van der Waals surface area contributed by atoms with Gasteiger partial charge >= 0.3 is 6.09 Å². The van der Waals surface area contributed by atoms with Crippen LogP contribution in [-0.4, -0.2) is 45.4 Å². The van der Waals surface area contributed by atoms with Crippen LogP contribution in [0.5, 0.6) is 0 Å². The Kier molecular flexibility index (Phi) is 3.75. The number of hydrogen-bond donors (Lipinski definition) is 1. The number of rotatable bonds is 5. The number of aliphatic hydroxyl groups excluding tert-OH is 1. The van der Waals surface area contributed by atoms with Crippen molar-refractivity contribution in [2.24, 2.45) is 17.8 Å². The molecule has 2 aliphatic carbocycles. The first kappa shape index (κ1) is 16.4. The zero-order chi connectivity index (χ0) is 18.5. The van der Waals surface area contributed by atoms with E-state index in [-0.39, 0.29) is 18.5 Å². The Labute approximate surface area is 155 Å². The van der Waals surface area contributed by atoms with Gasteiger partial charge in [-0.05, 0) is 47.9 Å². The summed E-state index contributed by atoms with van der Waals surface area (Å²) in [6.07, 6.45) is 5.31. The van der Waals surface area contributed by atoms with E-state index in [1.54, 1.807) is 29.2 Å². The SMILES string of the molecule is O=C1O[C@@H](Cn2ccnn2)CN1c1ccc(C2=C[C@H]3[C@H](CO)[C@H]3C2)c(F)c1. The number of allylic oxidation sites excluding steroid dienone is 2. The fourth-order valence-corrected chi connectivity index (χ4v) is 4.32. The summed E-state index contributed by atoms with van der Waals surface area (Å²) in [4.78, 5) is 13.6. The lowest BCUT2D eigenvalue weighted by Gasteiger charge is -2.15. The van der Waals surface area contributed by atoms with Crippen LogP contribution in [0.2, 0.25) is 0 Å². The van der Waals surface area contributed by atoms with E-state index < -0.39 is 6.09 Å². The molecule has 1 aromatic heterocycles. The predicted octanol–water partition coefficient (Wildman–Crippen LogP) is 2.08. The lowest BCUT2D eigenvalue weighted by molar-refractivity contribution is 0.129. The summed E-state index contributed by atoms with van der Waals surface area (Å²) < 4.78 is 21.7. The van der Waals surface area contributed by atoms with Gasteiger partial charge in [0.2, 0.25) is 0 Å². The molecule has 2 aromatic rings. The van der Waals surface area contributed by atoms with Crippen LogP contribution in [-0.2, 0) is 11.3 Å². The second kappa shape index (κ2) is 6.16. The summed E-state index contributed by atoms with van der Waals surface area (Å²) in [5.41, 5.74) is 2.06. The van der Waals surface area contributed by atoms with Crippen LogP contribution in [0.3, 0.4) is 0 Å². The number of anilines is 1. The van der Waals surface area contributed by atoms with Crippen LogP contribution >= 0.6 is 0 Å². The van der Waals surface area contributed by atoms with Crippen LogP contribution in [0.15, 0.2) is 36.7 Å². The fraction of sp³-hybridized carbons (Fsp3) is 0.421. The maximum atomic E-state index is 14.7. The molecule has 2 fully saturated rings. The van der Waals surface area contributed by atoms with Crippen LogP contribution in [0.4, 0.5) is 14.9 Å². The lowest BCUT2D eigenvalue weighted by Crippen LogP contribution is -2.26. The highest BCUT2D eigenvalue weighted by atomic mass is 19.1. The normalized spacial score (nSPS) is 28.9. The van der Waals surface area contributed by atoms with E-state index in [2.05, 4.69) is 16.4 Å². The molecular weight excluding hydrogens is 351 g/mol. The zero-order valence-electron chi connectivity index (χ0n) is 14.5. The number of carbonyl (C=O) groups is 1. The minimum atomic E-state index is -0.487. The Morgan fingerprint density at radius 1 is 1.37 bits per heavy atom. The Bertz CT molecular complexity index is 914. The molecule has 3 aliphatic rings. The summed E-state index contributed by atoms with van der Waals surface area (Å²) in [6.45, 7) is 0.945. The summed E-state index contributed by atoms with van der Waals surface area (Å²) in [5.74, 6) is 0.843. The number of benzene rings is 1. The highest BCUT2D eigenvalue weighted by molar-refractivity contribution is 5.90. The fourth-order valence-electron chi connectivity index (χ4n) is 4.32. The van der Waals surface area contributed by atoms with Crippen molar-refractivity contribution in [1.82, 2.24) is 15.0 Å². The minimum Gasteiger partial charge on any atom is -0.442 e. The topological polar surface area (TPSA) is 80.5 Å². The number of aliphatic hydroxyl groups is 1. The van der Waals surface area contributed by atoms with Crippen molar-refractivity contribution < 1.29 is 19.0 Å². The van der Waals surface area contributed by atoms with Crippen LogP contribution in [0.1, 0.15) is 12.0 Å². The molecule has 1 aromatic carbocycles. The third-order valence-electron chi connectivity index (χ3n) is 5.80. The number of ether oxygens (including phenoxy) is 1. The largest absolute Gasteiger partial charge is 0.442 e. The number of carbonyl (C=O) groups excluding carboxylic acids is 1. The molecule has 1 amide bonds. The van der Waals surface area contributed by atoms with E-state index in [0.717, 1.165) is 12.0 Å². The molecule has 0 bridgehead atoms. The van der Waals surface area contributed by atoms with Crippen molar-refractivity contribution in [1.29, 1.82) is 0 Å². The molecule has 1 saturated heterocycles. The van der Waals surface area contributed by atoms with Gasteiger partial charge in [0.15, 0.2) is 0 Å². The number of halogens is 1. The maximum absolute atomic E-state index is 14.7. The van der Waals surface area contributed by atoms with E-state index in [9.17, 15) is 14.3 Å². The number of cyclic esters (lactones) is 1. The van der Waals surface area contributed by atoms with Gasteiger partial charge in [-0.25, -0.2) is 13.9 Å². The molecule has 0 unspecified atom stereocenters. The molecule has 2 heterocycles. The molecule has 27 heavy (non-hydrogen) atoms. The number of amides is 1. The third kappa shape index (κ3) is 2.80. The Morgan fingerprint density at radius 2 is 2.26 bits per heavy atom. The van der Waals surface area contributed by atoms with Gasteiger partial charge in [0.1, 0.15) is 11.9 Å². The Hall–Kier alpha value is -2.74. The number of fused-ring (bicyclic) bond motifs is 1. The highest BCUT2D eigenvalue weighted by Gasteiger charge is 2.51. The lowest BCUT2D eigenvalue weighted by atomic mass is 10.00. The van der Waals surface area contributed by atoms with Gasteiger partial charge in [-0.3, -0.25) is 4.90 Å². The molecule has 0 spiro atoms. The molecule has 1 N–H and O–H groups in total. The van der Waals surface area contributed by atoms with Gasteiger partial charge in [-0.15, -0.1) is 5.10 Å². The van der Waals surface area contributed by atoms with Crippen molar-refractivity contribution in [3.05, 3.63) is 48.0 Å². The minimum absolute atomic E-state index is 0.202. The molecule has 8 heteroatoms. The summed E-state index contributed by atoms with van der Waals surface area (Å²) >= 11 is 0. The monoisotopic (exact) mass is 370 g/mol. The van der Waals surface area contributed by atoms with Gasteiger partial charge < -0.3 is 9.84 Å². The van der Waals surface area contributed by atoms with Gasteiger partial charge in [0.25, 0.3) is 0 Å². The van der Waals surface area contributed by atoms with Crippen LogP contribution < -0.4 is 4.90 Å². The number of aromatic nitrogens is 3. The molecule has 140 valence electrons. The van der Waals surface area contributed by atoms with Crippen molar-refractivity contribution in [3.8, 4) is 0 Å². The van der Waals surface area contributed by atoms with E-state index in [4.69, 9.17) is 4.74 Å². The van der Waals surface area contributed by atoms with Crippen molar-refractivity contribution >= 4 is 17.4 Å². The molecule has 1 aliphatic heterocycles. The second-order valence-corrected chi connectivity index (χ2v) is 7.39. The van der Waals surface area contributed by atoms with E-state index >= 15 is 0 Å². The highest BCUT2D eigenvalue weighted by Crippen LogP contribution is 2.57. The Balaban J connectivity index is 1.31. The molecule has 7 nitrogen and oxygen atoms in total. The molecular formula is C19H19FN4O3. The quantitative estimate of drug-likeness (QED) is 0.872. The van der Waals surface area contributed by atoms with Gasteiger partial charge in [0.05, 0.1) is 25.0 Å². The number of nitrogens with zero attached hydrogens (tertiary/aromatic N) is 4. The van der Waals surface area contributed by atoms with Crippen molar-refractivity contribution in [2.45, 2.75) is 19.1 Å². The maximum Gasteiger partial charge on any atom is 0.414 e. The van der Waals surface area contributed by atoms with Crippen LogP contribution in [0.25, 0.3) is 5.57 Å². The summed E-state index contributed by atoms with van der Waals surface area (Å²) in [7, 11) is 0. The van der Waals surface area contributed by atoms with Gasteiger partial charge in [0, 0.05) is 18.4 Å². The average molecular weight is 370 g/mol. The molecule has 0 radical (unpaired) electrons. The average Bonchev–Trinajstić information content (AvgIpc) is 3.11.